The highest BCUT2D eigenvalue weighted by Gasteiger charge is 2.11. The van der Waals surface area contributed by atoms with E-state index in [1.807, 2.05) is 42.5 Å². The largest absolute Gasteiger partial charge is 0.493 e. The summed E-state index contributed by atoms with van der Waals surface area (Å²) in [6.45, 7) is 5.04. The Morgan fingerprint density at radius 2 is 1.69 bits per heavy atom. The van der Waals surface area contributed by atoms with Crippen LogP contribution in [-0.2, 0) is 17.7 Å². The van der Waals surface area contributed by atoms with Gasteiger partial charge in [-0.25, -0.2) is 0 Å². The third kappa shape index (κ3) is 6.21. The Hall–Kier alpha value is -2.57. The van der Waals surface area contributed by atoms with Gasteiger partial charge in [0.2, 0.25) is 0 Å². The molecule has 2 aromatic rings. The SMILES string of the molecule is COc1ccc(CCCNC(=O)c2ccc(CN3CCOCC3)cc2)cc1OC. The number of methoxy groups -OCH3 is 2. The highest BCUT2D eigenvalue weighted by molar-refractivity contribution is 5.94. The van der Waals surface area contributed by atoms with Gasteiger partial charge in [-0.15, -0.1) is 0 Å². The second-order valence-electron chi connectivity index (χ2n) is 7.13. The van der Waals surface area contributed by atoms with Crippen LogP contribution in [0.4, 0.5) is 0 Å². The molecular weight excluding hydrogens is 368 g/mol. The summed E-state index contributed by atoms with van der Waals surface area (Å²) in [5.74, 6) is 1.42. The molecule has 0 bridgehead atoms. The molecule has 0 aliphatic carbocycles. The molecule has 0 atom stereocenters. The number of benzene rings is 2. The molecule has 1 fully saturated rings. The Kier molecular flexibility index (Phi) is 7.90. The molecule has 6 nitrogen and oxygen atoms in total. The van der Waals surface area contributed by atoms with Gasteiger partial charge in [0.15, 0.2) is 11.5 Å². The molecule has 156 valence electrons. The quantitative estimate of drug-likeness (QED) is 0.658. The predicted octanol–water partition coefficient (Wildman–Crippen LogP) is 2.90. The van der Waals surface area contributed by atoms with Gasteiger partial charge in [-0.05, 0) is 48.2 Å². The fourth-order valence-corrected chi connectivity index (χ4v) is 3.41. The lowest BCUT2D eigenvalue weighted by atomic mass is 10.1. The Bertz CT molecular complexity index is 786. The number of morpholine rings is 1. The van der Waals surface area contributed by atoms with Gasteiger partial charge >= 0.3 is 0 Å². The maximum Gasteiger partial charge on any atom is 0.251 e. The van der Waals surface area contributed by atoms with E-state index in [1.165, 1.54) is 5.56 Å². The summed E-state index contributed by atoms with van der Waals surface area (Å²) in [5.41, 5.74) is 3.07. The zero-order chi connectivity index (χ0) is 20.5. The van der Waals surface area contributed by atoms with Crippen LogP contribution in [0.2, 0.25) is 0 Å². The van der Waals surface area contributed by atoms with Gasteiger partial charge in [-0.1, -0.05) is 18.2 Å². The lowest BCUT2D eigenvalue weighted by Gasteiger charge is -2.26. The molecule has 0 unspecified atom stereocenters. The minimum absolute atomic E-state index is 0.0322. The molecule has 1 aliphatic heterocycles. The Balaban J connectivity index is 1.42. The van der Waals surface area contributed by atoms with Crippen molar-refractivity contribution in [2.45, 2.75) is 19.4 Å². The summed E-state index contributed by atoms with van der Waals surface area (Å²) in [6.07, 6.45) is 1.72. The number of carbonyl (C=O) groups excluding carboxylic acids is 1. The molecule has 0 radical (unpaired) electrons. The summed E-state index contributed by atoms with van der Waals surface area (Å²) in [5, 5.41) is 3.00. The molecule has 6 heteroatoms. The fourth-order valence-electron chi connectivity index (χ4n) is 3.41. The number of nitrogens with one attached hydrogen (secondary N) is 1. The van der Waals surface area contributed by atoms with Gasteiger partial charge in [0, 0.05) is 31.7 Å². The molecular formula is C23H30N2O4. The number of nitrogens with zero attached hydrogens (tertiary/aromatic N) is 1. The van der Waals surface area contributed by atoms with E-state index in [-0.39, 0.29) is 5.91 Å². The molecule has 0 spiro atoms. The topological polar surface area (TPSA) is 60.0 Å². The minimum atomic E-state index is -0.0322. The van der Waals surface area contributed by atoms with E-state index >= 15 is 0 Å². The predicted molar refractivity (Wildman–Crippen MR) is 113 cm³/mol. The second-order valence-corrected chi connectivity index (χ2v) is 7.13. The van der Waals surface area contributed by atoms with E-state index < -0.39 is 0 Å². The first-order valence-electron chi connectivity index (χ1n) is 10.1. The zero-order valence-electron chi connectivity index (χ0n) is 17.3. The van der Waals surface area contributed by atoms with Crippen LogP contribution in [0.25, 0.3) is 0 Å². The fraction of sp³-hybridized carbons (Fsp3) is 0.435. The van der Waals surface area contributed by atoms with E-state index in [2.05, 4.69) is 10.2 Å². The average molecular weight is 399 g/mol. The van der Waals surface area contributed by atoms with E-state index in [0.717, 1.165) is 62.8 Å². The van der Waals surface area contributed by atoms with Crippen molar-refractivity contribution in [3.05, 3.63) is 59.2 Å². The van der Waals surface area contributed by atoms with E-state index in [4.69, 9.17) is 14.2 Å². The molecule has 3 rings (SSSR count). The molecule has 0 saturated carbocycles. The first-order valence-corrected chi connectivity index (χ1v) is 10.1. The van der Waals surface area contributed by atoms with Crippen molar-refractivity contribution in [1.29, 1.82) is 0 Å². The van der Waals surface area contributed by atoms with Gasteiger partial charge in [0.1, 0.15) is 0 Å². The maximum atomic E-state index is 12.4. The third-order valence-electron chi connectivity index (χ3n) is 5.10. The number of aryl methyl sites for hydroxylation is 1. The molecule has 29 heavy (non-hydrogen) atoms. The number of amides is 1. The number of ether oxygens (including phenoxy) is 3. The maximum absolute atomic E-state index is 12.4. The van der Waals surface area contributed by atoms with Crippen LogP contribution in [0, 0.1) is 0 Å². The Morgan fingerprint density at radius 1 is 1.00 bits per heavy atom. The van der Waals surface area contributed by atoms with Crippen LogP contribution < -0.4 is 14.8 Å². The zero-order valence-corrected chi connectivity index (χ0v) is 17.3. The van der Waals surface area contributed by atoms with Gasteiger partial charge < -0.3 is 19.5 Å². The van der Waals surface area contributed by atoms with Gasteiger partial charge in [-0.3, -0.25) is 9.69 Å². The lowest BCUT2D eigenvalue weighted by molar-refractivity contribution is 0.0342. The van der Waals surface area contributed by atoms with Crippen LogP contribution in [0.15, 0.2) is 42.5 Å². The van der Waals surface area contributed by atoms with Crippen LogP contribution in [0.1, 0.15) is 27.9 Å². The van der Waals surface area contributed by atoms with Crippen LogP contribution in [0.5, 0.6) is 11.5 Å². The molecule has 1 amide bonds. The normalized spacial score (nSPS) is 14.4. The lowest BCUT2D eigenvalue weighted by Crippen LogP contribution is -2.35. The van der Waals surface area contributed by atoms with Gasteiger partial charge in [0.25, 0.3) is 5.91 Å². The van der Waals surface area contributed by atoms with Gasteiger partial charge in [-0.2, -0.15) is 0 Å². The van der Waals surface area contributed by atoms with Gasteiger partial charge in [0.05, 0.1) is 27.4 Å². The Labute approximate surface area is 172 Å². The minimum Gasteiger partial charge on any atom is -0.493 e. The monoisotopic (exact) mass is 398 g/mol. The van der Waals surface area contributed by atoms with Crippen molar-refractivity contribution >= 4 is 5.91 Å². The van der Waals surface area contributed by atoms with Crippen molar-refractivity contribution in [3.8, 4) is 11.5 Å². The molecule has 1 heterocycles. The second kappa shape index (κ2) is 10.8. The first-order chi connectivity index (χ1) is 14.2. The summed E-state index contributed by atoms with van der Waals surface area (Å²) in [6, 6.07) is 13.8. The first kappa shape index (κ1) is 21.1. The molecule has 1 N–H and O–H groups in total. The summed E-state index contributed by atoms with van der Waals surface area (Å²) in [7, 11) is 3.26. The van der Waals surface area contributed by atoms with Crippen molar-refractivity contribution in [1.82, 2.24) is 10.2 Å². The summed E-state index contributed by atoms with van der Waals surface area (Å²) < 4.78 is 16.0. The third-order valence-corrected chi connectivity index (χ3v) is 5.10. The highest BCUT2D eigenvalue weighted by Crippen LogP contribution is 2.27. The molecule has 1 aliphatic rings. The summed E-state index contributed by atoms with van der Waals surface area (Å²) >= 11 is 0. The van der Waals surface area contributed by atoms with Crippen molar-refractivity contribution in [2.24, 2.45) is 0 Å². The molecule has 1 saturated heterocycles. The van der Waals surface area contributed by atoms with E-state index in [1.54, 1.807) is 14.2 Å². The number of rotatable bonds is 9. The van der Waals surface area contributed by atoms with Crippen molar-refractivity contribution < 1.29 is 19.0 Å². The van der Waals surface area contributed by atoms with Crippen LogP contribution in [0.3, 0.4) is 0 Å². The number of carbonyl (C=O) groups is 1. The van der Waals surface area contributed by atoms with Crippen LogP contribution in [-0.4, -0.2) is 57.9 Å². The number of hydrogen-bond donors (Lipinski definition) is 1. The van der Waals surface area contributed by atoms with E-state index in [0.29, 0.717) is 12.1 Å². The smallest absolute Gasteiger partial charge is 0.251 e. The summed E-state index contributed by atoms with van der Waals surface area (Å²) in [4.78, 5) is 14.7. The number of hydrogen-bond acceptors (Lipinski definition) is 5. The standard InChI is InChI=1S/C23H30N2O4/c1-27-21-10-7-18(16-22(21)28-2)4-3-11-24-23(26)20-8-5-19(6-9-20)17-25-12-14-29-15-13-25/h5-10,16H,3-4,11-15,17H2,1-2H3,(H,24,26). The van der Waals surface area contributed by atoms with Crippen LogP contribution >= 0.6 is 0 Å². The molecule has 2 aromatic carbocycles. The van der Waals surface area contributed by atoms with E-state index in [9.17, 15) is 4.79 Å². The van der Waals surface area contributed by atoms with Crippen molar-refractivity contribution in [2.75, 3.05) is 47.1 Å². The Morgan fingerprint density at radius 3 is 2.38 bits per heavy atom. The average Bonchev–Trinajstić information content (AvgIpc) is 2.77. The molecule has 0 aromatic heterocycles. The van der Waals surface area contributed by atoms with Crippen molar-refractivity contribution in [3.63, 3.8) is 0 Å². The highest BCUT2D eigenvalue weighted by atomic mass is 16.5.